The quantitative estimate of drug-likeness (QED) is 0.631. The van der Waals surface area contributed by atoms with Crippen molar-refractivity contribution in [3.63, 3.8) is 0 Å². The second-order valence-electron chi connectivity index (χ2n) is 7.39. The number of hydrogen-bond donors (Lipinski definition) is 3. The van der Waals surface area contributed by atoms with Crippen LogP contribution in [-0.4, -0.2) is 32.6 Å². The Balaban J connectivity index is 1.59. The lowest BCUT2D eigenvalue weighted by molar-refractivity contribution is 0.408. The number of fused-ring (bicyclic) bond motifs is 3. The van der Waals surface area contributed by atoms with Crippen LogP contribution in [0.3, 0.4) is 0 Å². The Morgan fingerprint density at radius 3 is 2.82 bits per heavy atom. The van der Waals surface area contributed by atoms with Crippen molar-refractivity contribution in [1.29, 1.82) is 0 Å². The third-order valence-corrected chi connectivity index (χ3v) is 5.79. The van der Waals surface area contributed by atoms with Crippen LogP contribution in [0.15, 0.2) is 42.9 Å². The third kappa shape index (κ3) is 2.66. The van der Waals surface area contributed by atoms with E-state index in [1.54, 1.807) is 12.5 Å². The summed E-state index contributed by atoms with van der Waals surface area (Å²) in [6.07, 6.45) is 5.92. The van der Waals surface area contributed by atoms with Gasteiger partial charge in [0.1, 0.15) is 12.1 Å². The highest BCUT2D eigenvalue weighted by Gasteiger charge is 2.40. The Bertz CT molecular complexity index is 1020. The van der Waals surface area contributed by atoms with Crippen molar-refractivity contribution >= 4 is 23.1 Å². The number of aryl methyl sites for hydroxylation is 1. The van der Waals surface area contributed by atoms with E-state index in [4.69, 9.17) is 22.3 Å². The Kier molecular flexibility index (Phi) is 4.04. The lowest BCUT2D eigenvalue weighted by atomic mass is 9.91. The van der Waals surface area contributed by atoms with E-state index in [9.17, 15) is 0 Å². The number of pyridine rings is 1. The molecule has 2 aliphatic heterocycles. The molecule has 0 bridgehead atoms. The van der Waals surface area contributed by atoms with Gasteiger partial charge in [0.25, 0.3) is 0 Å². The number of halogens is 1. The normalized spacial score (nSPS) is 21.1. The molecule has 2 aliphatic rings. The van der Waals surface area contributed by atoms with Gasteiger partial charge in [0.05, 0.1) is 17.6 Å². The van der Waals surface area contributed by atoms with Crippen molar-refractivity contribution < 1.29 is 0 Å². The second kappa shape index (κ2) is 6.48. The van der Waals surface area contributed by atoms with Crippen molar-refractivity contribution in [3.8, 4) is 5.82 Å². The topological polar surface area (TPSA) is 84.0 Å². The number of nitrogens with zero attached hydrogens (tertiary/aromatic N) is 4. The maximum atomic E-state index is 6.92. The molecule has 0 saturated carbocycles. The zero-order valence-corrected chi connectivity index (χ0v) is 16.4. The van der Waals surface area contributed by atoms with Gasteiger partial charge < -0.3 is 10.7 Å². The average molecular weight is 396 g/mol. The van der Waals surface area contributed by atoms with Gasteiger partial charge in [-0.05, 0) is 43.5 Å². The molecule has 4 N–H and O–H groups in total. The SMILES string of the molecule is Cc1cccc(Cl)c1C1(N)Nc2ccc(NN3CCCC3)nc2-n2cncc21. The van der Waals surface area contributed by atoms with Crippen LogP contribution in [0.1, 0.15) is 29.7 Å². The summed E-state index contributed by atoms with van der Waals surface area (Å²) in [5.74, 6) is 1.57. The molecule has 5 rings (SSSR count). The summed E-state index contributed by atoms with van der Waals surface area (Å²) in [6, 6.07) is 9.76. The van der Waals surface area contributed by atoms with E-state index < -0.39 is 5.66 Å². The number of anilines is 2. The summed E-state index contributed by atoms with van der Waals surface area (Å²) in [4.78, 5) is 9.16. The van der Waals surface area contributed by atoms with Gasteiger partial charge in [-0.15, -0.1) is 0 Å². The number of nitrogens with one attached hydrogen (secondary N) is 2. The molecule has 28 heavy (non-hydrogen) atoms. The number of benzene rings is 1. The minimum Gasteiger partial charge on any atom is -0.356 e. The first-order valence-corrected chi connectivity index (χ1v) is 9.82. The minimum absolute atomic E-state index is 0.617. The van der Waals surface area contributed by atoms with Crippen molar-refractivity contribution in [2.45, 2.75) is 25.4 Å². The van der Waals surface area contributed by atoms with E-state index in [0.717, 1.165) is 47.2 Å². The maximum Gasteiger partial charge on any atom is 0.164 e. The highest BCUT2D eigenvalue weighted by Crippen LogP contribution is 2.41. The molecule has 3 aromatic rings. The molecule has 1 aromatic carbocycles. The molecule has 1 saturated heterocycles. The molecule has 1 atom stereocenters. The van der Waals surface area contributed by atoms with E-state index in [2.05, 4.69) is 20.7 Å². The van der Waals surface area contributed by atoms with E-state index in [-0.39, 0.29) is 0 Å². The fraction of sp³-hybridized carbons (Fsp3) is 0.300. The van der Waals surface area contributed by atoms with Gasteiger partial charge in [-0.1, -0.05) is 23.7 Å². The van der Waals surface area contributed by atoms with Crippen molar-refractivity contribution in [2.24, 2.45) is 5.73 Å². The van der Waals surface area contributed by atoms with Crippen LogP contribution in [0.4, 0.5) is 11.5 Å². The van der Waals surface area contributed by atoms with E-state index >= 15 is 0 Å². The maximum absolute atomic E-state index is 6.92. The number of rotatable bonds is 3. The summed E-state index contributed by atoms with van der Waals surface area (Å²) < 4.78 is 1.93. The number of nitrogens with two attached hydrogens (primary N) is 1. The predicted molar refractivity (Wildman–Crippen MR) is 111 cm³/mol. The lowest BCUT2D eigenvalue weighted by Crippen LogP contribution is -2.50. The molecule has 8 heteroatoms. The van der Waals surface area contributed by atoms with Crippen LogP contribution in [0.5, 0.6) is 0 Å². The molecular formula is C20H22ClN7. The van der Waals surface area contributed by atoms with Crippen LogP contribution < -0.4 is 16.5 Å². The zero-order chi connectivity index (χ0) is 19.3. The van der Waals surface area contributed by atoms with Crippen LogP contribution in [0, 0.1) is 6.92 Å². The molecule has 144 valence electrons. The molecule has 0 aliphatic carbocycles. The largest absolute Gasteiger partial charge is 0.356 e. The third-order valence-electron chi connectivity index (χ3n) is 5.47. The number of aromatic nitrogens is 3. The fourth-order valence-corrected chi connectivity index (χ4v) is 4.51. The molecular weight excluding hydrogens is 374 g/mol. The Hall–Kier alpha value is -2.61. The van der Waals surface area contributed by atoms with Gasteiger partial charge in [-0.2, -0.15) is 0 Å². The Labute approximate surface area is 168 Å². The monoisotopic (exact) mass is 395 g/mol. The van der Waals surface area contributed by atoms with Crippen molar-refractivity contribution in [3.05, 3.63) is 64.7 Å². The summed E-state index contributed by atoms with van der Waals surface area (Å²) in [5.41, 5.74) is 12.8. The Morgan fingerprint density at radius 1 is 1.21 bits per heavy atom. The summed E-state index contributed by atoms with van der Waals surface area (Å²) in [5, 5.41) is 6.27. The molecule has 0 spiro atoms. The van der Waals surface area contributed by atoms with E-state index in [1.165, 1.54) is 12.8 Å². The lowest BCUT2D eigenvalue weighted by Gasteiger charge is -2.38. The highest BCUT2D eigenvalue weighted by molar-refractivity contribution is 6.31. The highest BCUT2D eigenvalue weighted by atomic mass is 35.5. The Morgan fingerprint density at radius 2 is 2.04 bits per heavy atom. The first kappa shape index (κ1) is 17.5. The molecule has 1 unspecified atom stereocenters. The van der Waals surface area contributed by atoms with Gasteiger partial charge in [0, 0.05) is 23.7 Å². The van der Waals surface area contributed by atoms with Crippen LogP contribution >= 0.6 is 11.6 Å². The number of hydrogen-bond acceptors (Lipinski definition) is 6. The molecule has 4 heterocycles. The fourth-order valence-electron chi connectivity index (χ4n) is 4.14. The van der Waals surface area contributed by atoms with Gasteiger partial charge in [0.15, 0.2) is 11.5 Å². The van der Waals surface area contributed by atoms with Gasteiger partial charge in [-0.3, -0.25) is 10.3 Å². The molecule has 2 aromatic heterocycles. The minimum atomic E-state index is -1.00. The predicted octanol–water partition coefficient (Wildman–Crippen LogP) is 3.24. The first-order chi connectivity index (χ1) is 13.6. The van der Waals surface area contributed by atoms with Crippen LogP contribution in [0.25, 0.3) is 5.82 Å². The molecule has 1 fully saturated rings. The van der Waals surface area contributed by atoms with Crippen LogP contribution in [0.2, 0.25) is 5.02 Å². The second-order valence-corrected chi connectivity index (χ2v) is 7.79. The van der Waals surface area contributed by atoms with Gasteiger partial charge >= 0.3 is 0 Å². The molecule has 7 nitrogen and oxygen atoms in total. The summed E-state index contributed by atoms with van der Waals surface area (Å²) >= 11 is 6.55. The summed E-state index contributed by atoms with van der Waals surface area (Å²) in [7, 11) is 0. The smallest absolute Gasteiger partial charge is 0.164 e. The zero-order valence-electron chi connectivity index (χ0n) is 15.6. The standard InChI is InChI=1S/C20H22ClN7/c1-13-5-4-6-14(21)18(13)20(22)16-11-23-12-28(16)19-15(25-20)7-8-17(24-19)26-27-9-2-3-10-27/h4-8,11-12,25H,2-3,9-10,22H2,1H3,(H,24,26). The average Bonchev–Trinajstić information content (AvgIpc) is 3.34. The number of imidazole rings is 1. The van der Waals surface area contributed by atoms with E-state index in [1.807, 2.05) is 41.8 Å². The van der Waals surface area contributed by atoms with Crippen LogP contribution in [-0.2, 0) is 5.66 Å². The van der Waals surface area contributed by atoms with E-state index in [0.29, 0.717) is 5.02 Å². The first-order valence-electron chi connectivity index (χ1n) is 9.45. The summed E-state index contributed by atoms with van der Waals surface area (Å²) in [6.45, 7) is 4.07. The van der Waals surface area contributed by atoms with Gasteiger partial charge in [-0.25, -0.2) is 15.0 Å². The van der Waals surface area contributed by atoms with Gasteiger partial charge in [0.2, 0.25) is 0 Å². The van der Waals surface area contributed by atoms with Crippen molar-refractivity contribution in [2.75, 3.05) is 23.8 Å². The number of hydrazine groups is 1. The molecule has 0 radical (unpaired) electrons. The van der Waals surface area contributed by atoms with Crippen molar-refractivity contribution in [1.82, 2.24) is 19.5 Å². The molecule has 0 amide bonds.